The molecule has 2 aromatic carbocycles. The highest BCUT2D eigenvalue weighted by Gasteiger charge is 2.74. The van der Waals surface area contributed by atoms with Crippen molar-refractivity contribution in [2.75, 3.05) is 18.1 Å². The van der Waals surface area contributed by atoms with Crippen LogP contribution in [0.3, 0.4) is 0 Å². The summed E-state index contributed by atoms with van der Waals surface area (Å²) in [4.78, 5) is 15.0. The van der Waals surface area contributed by atoms with Gasteiger partial charge in [-0.25, -0.2) is 12.8 Å². The average Bonchev–Trinajstić information content (AvgIpc) is 3.33. The molecule has 0 N–H and O–H groups in total. The molecule has 3 aliphatic rings. The number of likely N-dealkylation sites (tertiary alicyclic amines) is 1. The Kier molecular flexibility index (Phi) is 7.60. The second-order valence-electron chi connectivity index (χ2n) is 11.2. The normalized spacial score (nSPS) is 27.0. The Labute approximate surface area is 240 Å². The number of aryl methyl sites for hydroxylation is 2. The van der Waals surface area contributed by atoms with Crippen molar-refractivity contribution in [3.8, 4) is 0 Å². The van der Waals surface area contributed by atoms with Gasteiger partial charge in [0.05, 0.1) is 10.9 Å². The Hall–Kier alpha value is -2.48. The first-order valence-electron chi connectivity index (χ1n) is 13.4. The molecule has 2 heterocycles. The number of nitrogens with zero attached hydrogens (tertiary/aromatic N) is 1. The van der Waals surface area contributed by atoms with Crippen molar-refractivity contribution in [3.63, 3.8) is 0 Å². The number of amides is 1. The SMILES string of the molecule is Cc1cccc(S(=O)(=O)C23CCN(C(=O)C4CCS(=O)CC4)C2CCc2cc(C(F)(C(F)(F)F)C(F)(F)F)ccc23)c1. The van der Waals surface area contributed by atoms with Crippen LogP contribution in [0.15, 0.2) is 47.4 Å². The van der Waals surface area contributed by atoms with E-state index in [2.05, 4.69) is 0 Å². The lowest BCUT2D eigenvalue weighted by Crippen LogP contribution is -2.54. The molecule has 5 rings (SSSR count). The van der Waals surface area contributed by atoms with Crippen LogP contribution in [0.25, 0.3) is 0 Å². The fraction of sp³-hybridized carbons (Fsp3) is 0.536. The second-order valence-corrected chi connectivity index (χ2v) is 15.1. The predicted octanol–water partition coefficient (Wildman–Crippen LogP) is 5.66. The van der Waals surface area contributed by atoms with Crippen LogP contribution in [0, 0.1) is 12.8 Å². The van der Waals surface area contributed by atoms with E-state index >= 15 is 0 Å². The number of alkyl halides is 7. The molecule has 0 radical (unpaired) electrons. The molecule has 1 amide bonds. The molecule has 2 unspecified atom stereocenters. The Bertz CT molecular complexity index is 1520. The lowest BCUT2D eigenvalue weighted by atomic mass is 9.76. The van der Waals surface area contributed by atoms with Crippen molar-refractivity contribution in [2.24, 2.45) is 5.92 Å². The van der Waals surface area contributed by atoms with Gasteiger partial charge in [0, 0.05) is 40.3 Å². The van der Waals surface area contributed by atoms with Gasteiger partial charge in [-0.3, -0.25) is 9.00 Å². The van der Waals surface area contributed by atoms with Crippen LogP contribution in [0.1, 0.15) is 47.9 Å². The van der Waals surface area contributed by atoms with Gasteiger partial charge in [-0.15, -0.1) is 0 Å². The molecular weight excluding hydrogens is 611 g/mol. The molecule has 2 atom stereocenters. The van der Waals surface area contributed by atoms with Crippen molar-refractivity contribution in [1.29, 1.82) is 0 Å². The summed E-state index contributed by atoms with van der Waals surface area (Å²) in [5.41, 5.74) is -6.90. The zero-order valence-electron chi connectivity index (χ0n) is 22.4. The number of fused-ring (bicyclic) bond motifs is 3. The van der Waals surface area contributed by atoms with E-state index in [4.69, 9.17) is 0 Å². The van der Waals surface area contributed by atoms with Gasteiger partial charge in [0.25, 0.3) is 0 Å². The van der Waals surface area contributed by atoms with Gasteiger partial charge in [0.15, 0.2) is 9.84 Å². The zero-order valence-corrected chi connectivity index (χ0v) is 24.0. The van der Waals surface area contributed by atoms with E-state index in [0.717, 1.165) is 6.07 Å². The Morgan fingerprint density at radius 2 is 1.60 bits per heavy atom. The summed E-state index contributed by atoms with van der Waals surface area (Å²) in [5.74, 6) is -0.127. The number of rotatable bonds is 4. The first-order chi connectivity index (χ1) is 19.4. The van der Waals surface area contributed by atoms with E-state index < -0.39 is 60.9 Å². The predicted molar refractivity (Wildman–Crippen MR) is 140 cm³/mol. The summed E-state index contributed by atoms with van der Waals surface area (Å²) in [7, 11) is -5.43. The van der Waals surface area contributed by atoms with Gasteiger partial charge >= 0.3 is 18.0 Å². The lowest BCUT2D eigenvalue weighted by Gasteiger charge is -2.43. The van der Waals surface area contributed by atoms with E-state index in [1.165, 1.54) is 23.1 Å². The van der Waals surface area contributed by atoms with E-state index in [1.54, 1.807) is 13.0 Å². The standard InChI is InChI=1S/C28H28F7NO4S2/c1-17-3-2-4-21(15-17)42(39,40)25-11-12-36(24(37)18-9-13-41(38)14-10-18)23(25)8-5-19-16-20(6-7-22(19)25)26(29,27(30,31)32)28(33,34)35/h2-4,6-7,15-16,18,23H,5,8-14H2,1H3. The van der Waals surface area contributed by atoms with Gasteiger partial charge in [-0.05, 0) is 67.9 Å². The number of sulfone groups is 1. The number of halogens is 7. The van der Waals surface area contributed by atoms with E-state index in [1.807, 2.05) is 0 Å². The van der Waals surface area contributed by atoms with Gasteiger partial charge < -0.3 is 4.90 Å². The average molecular weight is 640 g/mol. The summed E-state index contributed by atoms with van der Waals surface area (Å²) < 4.78 is 135. The highest BCUT2D eigenvalue weighted by atomic mass is 32.2. The first-order valence-corrected chi connectivity index (χ1v) is 16.4. The van der Waals surface area contributed by atoms with Crippen LogP contribution >= 0.6 is 0 Å². The number of hydrogen-bond acceptors (Lipinski definition) is 4. The zero-order chi connectivity index (χ0) is 30.9. The van der Waals surface area contributed by atoms with Gasteiger partial charge in [0.1, 0.15) is 4.75 Å². The molecule has 5 nitrogen and oxygen atoms in total. The molecule has 2 fully saturated rings. The molecule has 230 valence electrons. The fourth-order valence-electron chi connectivity index (χ4n) is 6.76. The maximum Gasteiger partial charge on any atom is 0.435 e. The maximum atomic E-state index is 15.0. The van der Waals surface area contributed by atoms with Crippen LogP contribution in [-0.4, -0.2) is 59.9 Å². The molecule has 0 aromatic heterocycles. The molecule has 1 aliphatic carbocycles. The smallest absolute Gasteiger partial charge is 0.337 e. The van der Waals surface area contributed by atoms with Crippen LogP contribution in [0.2, 0.25) is 0 Å². The van der Waals surface area contributed by atoms with Crippen molar-refractivity contribution in [2.45, 2.75) is 72.7 Å². The summed E-state index contributed by atoms with van der Waals surface area (Å²) in [5, 5.41) is 0. The van der Waals surface area contributed by atoms with Gasteiger partial charge in [-0.2, -0.15) is 26.3 Å². The number of carbonyl (C=O) groups is 1. The summed E-state index contributed by atoms with van der Waals surface area (Å²) in [6.07, 6.45) is -12.3. The first kappa shape index (κ1) is 31.0. The molecule has 42 heavy (non-hydrogen) atoms. The second kappa shape index (κ2) is 10.3. The maximum absolute atomic E-state index is 15.0. The highest BCUT2D eigenvalue weighted by Crippen LogP contribution is 2.57. The van der Waals surface area contributed by atoms with Crippen molar-refractivity contribution < 1.29 is 48.2 Å². The minimum atomic E-state index is -6.32. The summed E-state index contributed by atoms with van der Waals surface area (Å²) in [6.45, 7) is 1.66. The molecule has 0 spiro atoms. The van der Waals surface area contributed by atoms with Crippen molar-refractivity contribution in [3.05, 3.63) is 64.7 Å². The molecule has 14 heteroatoms. The lowest BCUT2D eigenvalue weighted by molar-refractivity contribution is -0.348. The minimum absolute atomic E-state index is 0.00647. The van der Waals surface area contributed by atoms with E-state index in [-0.39, 0.29) is 47.7 Å². The third-order valence-electron chi connectivity index (χ3n) is 8.87. The van der Waals surface area contributed by atoms with Crippen LogP contribution in [0.5, 0.6) is 0 Å². The number of hydrogen-bond donors (Lipinski definition) is 0. The molecule has 0 bridgehead atoms. The molecule has 2 aromatic rings. The minimum Gasteiger partial charge on any atom is -0.337 e. The molecule has 0 saturated carbocycles. The monoisotopic (exact) mass is 639 g/mol. The molecular formula is C28H28F7NO4S2. The Morgan fingerprint density at radius 1 is 0.952 bits per heavy atom. The third kappa shape index (κ3) is 4.58. The highest BCUT2D eigenvalue weighted by molar-refractivity contribution is 7.92. The fourth-order valence-corrected chi connectivity index (χ4v) is 10.5. The Morgan fingerprint density at radius 3 is 2.19 bits per heavy atom. The quantitative estimate of drug-likeness (QED) is 0.405. The van der Waals surface area contributed by atoms with Crippen molar-refractivity contribution >= 4 is 26.5 Å². The van der Waals surface area contributed by atoms with Crippen LogP contribution in [0.4, 0.5) is 30.7 Å². The van der Waals surface area contributed by atoms with E-state index in [0.29, 0.717) is 42.0 Å². The van der Waals surface area contributed by atoms with Crippen LogP contribution < -0.4 is 0 Å². The summed E-state index contributed by atoms with van der Waals surface area (Å²) >= 11 is 0. The third-order valence-corrected chi connectivity index (χ3v) is 12.8. The van der Waals surface area contributed by atoms with Crippen molar-refractivity contribution in [1.82, 2.24) is 4.90 Å². The Balaban J connectivity index is 1.67. The number of benzene rings is 2. The van der Waals surface area contributed by atoms with E-state index in [9.17, 15) is 48.2 Å². The largest absolute Gasteiger partial charge is 0.435 e. The van der Waals surface area contributed by atoms with Gasteiger partial charge in [0.2, 0.25) is 5.91 Å². The van der Waals surface area contributed by atoms with Crippen LogP contribution in [-0.2, 0) is 42.3 Å². The summed E-state index contributed by atoms with van der Waals surface area (Å²) in [6, 6.07) is 6.70. The molecule has 2 aliphatic heterocycles. The van der Waals surface area contributed by atoms with Gasteiger partial charge in [-0.1, -0.05) is 30.3 Å². The topological polar surface area (TPSA) is 71.5 Å². The molecule has 2 saturated heterocycles. The number of carbonyl (C=O) groups excluding carboxylic acids is 1.